The van der Waals surface area contributed by atoms with Gasteiger partial charge in [0.15, 0.2) is 0 Å². The topological polar surface area (TPSA) is 42.4 Å². The Morgan fingerprint density at radius 2 is 2.38 bits per heavy atom. The summed E-state index contributed by atoms with van der Waals surface area (Å²) in [5.41, 5.74) is 0.790. The van der Waals surface area contributed by atoms with Crippen molar-refractivity contribution < 1.29 is 9.84 Å². The van der Waals surface area contributed by atoms with Crippen LogP contribution in [0.4, 0.5) is 0 Å². The largest absolute Gasteiger partial charge is 0.473 e. The number of hydrogen-bond acceptors (Lipinski definition) is 3. The Balaban J connectivity index is 2.49. The van der Waals surface area contributed by atoms with Crippen molar-refractivity contribution in [1.82, 2.24) is 4.98 Å². The zero-order valence-corrected chi connectivity index (χ0v) is 7.60. The van der Waals surface area contributed by atoms with Crippen molar-refractivity contribution in [3.8, 4) is 5.88 Å². The van der Waals surface area contributed by atoms with Crippen LogP contribution in [0.3, 0.4) is 0 Å². The second-order valence-corrected chi connectivity index (χ2v) is 2.54. The molecule has 0 aliphatic carbocycles. The molecule has 1 aromatic heterocycles. The Hall–Kier alpha value is -1.35. The number of aliphatic hydroxyl groups is 1. The summed E-state index contributed by atoms with van der Waals surface area (Å²) in [6.07, 6.45) is 5.43. The molecule has 0 bridgehead atoms. The van der Waals surface area contributed by atoms with Gasteiger partial charge in [-0.3, -0.25) is 0 Å². The maximum atomic E-state index is 8.75. The lowest BCUT2D eigenvalue weighted by atomic mass is 10.3. The first kappa shape index (κ1) is 9.74. The Morgan fingerprint density at radius 1 is 1.54 bits per heavy atom. The molecule has 0 spiro atoms. The second-order valence-electron chi connectivity index (χ2n) is 2.54. The summed E-state index contributed by atoms with van der Waals surface area (Å²) in [5.74, 6) is 0.579. The minimum absolute atomic E-state index is 0.0160. The molecule has 0 saturated carbocycles. The fourth-order valence-electron chi connectivity index (χ4n) is 0.820. The number of rotatable bonds is 4. The van der Waals surface area contributed by atoms with E-state index in [1.807, 2.05) is 19.1 Å². The molecule has 1 heterocycles. The van der Waals surface area contributed by atoms with Gasteiger partial charge in [0.05, 0.1) is 6.61 Å². The van der Waals surface area contributed by atoms with Crippen molar-refractivity contribution in [3.05, 3.63) is 36.0 Å². The molecule has 3 nitrogen and oxygen atoms in total. The average Bonchev–Trinajstić information content (AvgIpc) is 2.19. The quantitative estimate of drug-likeness (QED) is 0.713. The van der Waals surface area contributed by atoms with E-state index in [1.54, 1.807) is 18.3 Å². The van der Waals surface area contributed by atoms with Crippen molar-refractivity contribution in [2.75, 3.05) is 6.61 Å². The normalized spacial score (nSPS) is 10.6. The molecule has 0 aromatic carbocycles. The third kappa shape index (κ3) is 3.25. The smallest absolute Gasteiger partial charge is 0.213 e. The first-order valence-electron chi connectivity index (χ1n) is 4.16. The van der Waals surface area contributed by atoms with Crippen molar-refractivity contribution in [2.45, 2.75) is 13.5 Å². The molecule has 0 aliphatic heterocycles. The summed E-state index contributed by atoms with van der Waals surface area (Å²) in [7, 11) is 0. The predicted molar refractivity (Wildman–Crippen MR) is 50.5 cm³/mol. The van der Waals surface area contributed by atoms with Gasteiger partial charge in [0.2, 0.25) is 5.88 Å². The van der Waals surface area contributed by atoms with E-state index in [4.69, 9.17) is 9.84 Å². The molecule has 0 radical (unpaired) electrons. The van der Waals surface area contributed by atoms with Crippen LogP contribution in [0.2, 0.25) is 0 Å². The van der Waals surface area contributed by atoms with Gasteiger partial charge in [-0.2, -0.15) is 0 Å². The van der Waals surface area contributed by atoms with E-state index in [0.29, 0.717) is 12.5 Å². The summed E-state index contributed by atoms with van der Waals surface area (Å²) in [5, 5.41) is 8.75. The SMILES string of the molecule is CC=CCOc1ccc(CO)cn1. The van der Waals surface area contributed by atoms with Gasteiger partial charge in [0.25, 0.3) is 0 Å². The van der Waals surface area contributed by atoms with Gasteiger partial charge in [0, 0.05) is 12.3 Å². The van der Waals surface area contributed by atoms with Crippen LogP contribution in [-0.2, 0) is 6.61 Å². The number of aliphatic hydroxyl groups excluding tert-OH is 1. The van der Waals surface area contributed by atoms with Crippen LogP contribution in [0.5, 0.6) is 5.88 Å². The molecule has 0 atom stereocenters. The molecular weight excluding hydrogens is 166 g/mol. The summed E-state index contributed by atoms with van der Waals surface area (Å²) < 4.78 is 5.27. The van der Waals surface area contributed by atoms with E-state index in [9.17, 15) is 0 Å². The molecule has 13 heavy (non-hydrogen) atoms. The molecule has 70 valence electrons. The fourth-order valence-corrected chi connectivity index (χ4v) is 0.820. The van der Waals surface area contributed by atoms with Crippen LogP contribution in [0.25, 0.3) is 0 Å². The second kappa shape index (κ2) is 5.32. The van der Waals surface area contributed by atoms with Crippen LogP contribution in [0.15, 0.2) is 30.5 Å². The van der Waals surface area contributed by atoms with Gasteiger partial charge < -0.3 is 9.84 Å². The van der Waals surface area contributed by atoms with Crippen molar-refractivity contribution >= 4 is 0 Å². The van der Waals surface area contributed by atoms with Gasteiger partial charge in [-0.15, -0.1) is 0 Å². The van der Waals surface area contributed by atoms with E-state index in [-0.39, 0.29) is 6.61 Å². The molecule has 0 aliphatic rings. The highest BCUT2D eigenvalue weighted by molar-refractivity contribution is 5.17. The summed E-state index contributed by atoms with van der Waals surface area (Å²) in [6.45, 7) is 2.48. The van der Waals surface area contributed by atoms with Crippen LogP contribution in [-0.4, -0.2) is 16.7 Å². The number of nitrogens with zero attached hydrogens (tertiary/aromatic N) is 1. The number of allylic oxidation sites excluding steroid dienone is 1. The zero-order valence-electron chi connectivity index (χ0n) is 7.60. The van der Waals surface area contributed by atoms with Gasteiger partial charge in [-0.25, -0.2) is 4.98 Å². The molecule has 0 amide bonds. The predicted octanol–water partition coefficient (Wildman–Crippen LogP) is 1.53. The van der Waals surface area contributed by atoms with E-state index >= 15 is 0 Å². The first-order valence-corrected chi connectivity index (χ1v) is 4.16. The standard InChI is InChI=1S/C10H13NO2/c1-2-3-6-13-10-5-4-9(8-12)7-11-10/h2-5,7,12H,6,8H2,1H3. The van der Waals surface area contributed by atoms with Crippen molar-refractivity contribution in [2.24, 2.45) is 0 Å². The number of hydrogen-bond donors (Lipinski definition) is 1. The Kier molecular flexibility index (Phi) is 3.99. The van der Waals surface area contributed by atoms with Crippen LogP contribution < -0.4 is 4.74 Å². The van der Waals surface area contributed by atoms with E-state index in [1.165, 1.54) is 0 Å². The molecule has 3 heteroatoms. The number of aromatic nitrogens is 1. The van der Waals surface area contributed by atoms with Crippen molar-refractivity contribution in [1.29, 1.82) is 0 Å². The summed E-state index contributed by atoms with van der Waals surface area (Å²) in [6, 6.07) is 3.53. The minimum Gasteiger partial charge on any atom is -0.473 e. The zero-order chi connectivity index (χ0) is 9.52. The molecule has 0 fully saturated rings. The van der Waals surface area contributed by atoms with Crippen LogP contribution in [0.1, 0.15) is 12.5 Å². The molecule has 1 N–H and O–H groups in total. The first-order chi connectivity index (χ1) is 6.36. The van der Waals surface area contributed by atoms with E-state index < -0.39 is 0 Å². The maximum Gasteiger partial charge on any atom is 0.213 e. The summed E-state index contributed by atoms with van der Waals surface area (Å²) in [4.78, 5) is 4.01. The summed E-state index contributed by atoms with van der Waals surface area (Å²) >= 11 is 0. The van der Waals surface area contributed by atoms with E-state index in [0.717, 1.165) is 5.56 Å². The molecule has 1 rings (SSSR count). The van der Waals surface area contributed by atoms with Crippen LogP contribution in [0, 0.1) is 0 Å². The number of ether oxygens (including phenoxy) is 1. The lowest BCUT2D eigenvalue weighted by molar-refractivity contribution is 0.280. The third-order valence-electron chi connectivity index (χ3n) is 1.54. The van der Waals surface area contributed by atoms with Crippen molar-refractivity contribution in [3.63, 3.8) is 0 Å². The monoisotopic (exact) mass is 179 g/mol. The molecular formula is C10H13NO2. The van der Waals surface area contributed by atoms with Gasteiger partial charge in [-0.05, 0) is 18.6 Å². The average molecular weight is 179 g/mol. The van der Waals surface area contributed by atoms with Gasteiger partial charge in [0.1, 0.15) is 6.61 Å². The van der Waals surface area contributed by atoms with Crippen LogP contribution >= 0.6 is 0 Å². The molecule has 1 aromatic rings. The molecule has 0 saturated heterocycles. The maximum absolute atomic E-state index is 8.75. The molecule has 0 unspecified atom stereocenters. The number of pyridine rings is 1. The minimum atomic E-state index is 0.0160. The third-order valence-corrected chi connectivity index (χ3v) is 1.54. The Morgan fingerprint density at radius 3 is 2.92 bits per heavy atom. The van der Waals surface area contributed by atoms with Gasteiger partial charge >= 0.3 is 0 Å². The van der Waals surface area contributed by atoms with Gasteiger partial charge in [-0.1, -0.05) is 12.2 Å². The highest BCUT2D eigenvalue weighted by Crippen LogP contribution is 2.07. The lowest BCUT2D eigenvalue weighted by Gasteiger charge is -2.01. The highest BCUT2D eigenvalue weighted by Gasteiger charge is 1.93. The Labute approximate surface area is 77.7 Å². The highest BCUT2D eigenvalue weighted by atomic mass is 16.5. The Bertz CT molecular complexity index is 267. The van der Waals surface area contributed by atoms with E-state index in [2.05, 4.69) is 4.98 Å². The lowest BCUT2D eigenvalue weighted by Crippen LogP contribution is -1.96. The fraction of sp³-hybridized carbons (Fsp3) is 0.300.